The number of carbonyl (C=O) groups is 2. The van der Waals surface area contributed by atoms with Gasteiger partial charge in [0.1, 0.15) is 18.1 Å². The SMILES string of the molecule is O=C1c2ccc(Oc3ccccc3)cc2C(=O)N1c1ccc(OCCN2CCCC2)c(O)c1. The first-order valence-electron chi connectivity index (χ1n) is 11.0. The van der Waals surface area contributed by atoms with Crippen molar-refractivity contribution in [3.05, 3.63) is 77.9 Å². The molecule has 0 aliphatic carbocycles. The van der Waals surface area contributed by atoms with Gasteiger partial charge in [0.2, 0.25) is 0 Å². The van der Waals surface area contributed by atoms with Crippen LogP contribution in [0.3, 0.4) is 0 Å². The number of rotatable bonds is 7. The number of phenols is 1. The molecule has 1 N–H and O–H groups in total. The number of aromatic hydroxyl groups is 1. The predicted octanol–water partition coefficient (Wildman–Crippen LogP) is 4.46. The van der Waals surface area contributed by atoms with Gasteiger partial charge in [0.25, 0.3) is 11.8 Å². The molecule has 3 aromatic rings. The second-order valence-electron chi connectivity index (χ2n) is 8.12. The Morgan fingerprint density at radius 3 is 2.33 bits per heavy atom. The summed E-state index contributed by atoms with van der Waals surface area (Å²) in [4.78, 5) is 29.4. The summed E-state index contributed by atoms with van der Waals surface area (Å²) < 4.78 is 11.5. The lowest BCUT2D eigenvalue weighted by atomic mass is 10.1. The fourth-order valence-corrected chi connectivity index (χ4v) is 4.20. The van der Waals surface area contributed by atoms with Gasteiger partial charge in [0.05, 0.1) is 16.8 Å². The molecule has 1 fully saturated rings. The van der Waals surface area contributed by atoms with E-state index in [2.05, 4.69) is 4.90 Å². The monoisotopic (exact) mass is 444 g/mol. The Labute approximate surface area is 191 Å². The van der Waals surface area contributed by atoms with Crippen LogP contribution in [0.25, 0.3) is 0 Å². The molecule has 0 bridgehead atoms. The van der Waals surface area contributed by atoms with E-state index in [1.165, 1.54) is 18.9 Å². The summed E-state index contributed by atoms with van der Waals surface area (Å²) >= 11 is 0. The molecule has 3 aromatic carbocycles. The first-order chi connectivity index (χ1) is 16.1. The summed E-state index contributed by atoms with van der Waals surface area (Å²) in [6.07, 6.45) is 2.42. The first-order valence-corrected chi connectivity index (χ1v) is 11.0. The van der Waals surface area contributed by atoms with Gasteiger partial charge in [-0.2, -0.15) is 0 Å². The molecule has 7 heteroatoms. The molecule has 0 radical (unpaired) electrons. The minimum atomic E-state index is -0.462. The van der Waals surface area contributed by atoms with E-state index in [4.69, 9.17) is 9.47 Å². The highest BCUT2D eigenvalue weighted by atomic mass is 16.5. The number of amides is 2. The van der Waals surface area contributed by atoms with Gasteiger partial charge in [-0.25, -0.2) is 4.90 Å². The highest BCUT2D eigenvalue weighted by Crippen LogP contribution is 2.36. The topological polar surface area (TPSA) is 79.3 Å². The fraction of sp³-hybridized carbons (Fsp3) is 0.231. The highest BCUT2D eigenvalue weighted by molar-refractivity contribution is 6.34. The van der Waals surface area contributed by atoms with Crippen LogP contribution in [-0.2, 0) is 0 Å². The predicted molar refractivity (Wildman–Crippen MR) is 123 cm³/mol. The fourth-order valence-electron chi connectivity index (χ4n) is 4.20. The Bertz CT molecular complexity index is 1190. The molecule has 2 aliphatic rings. The first kappa shape index (κ1) is 21.0. The molecule has 1 saturated heterocycles. The molecule has 0 aromatic heterocycles. The second kappa shape index (κ2) is 8.96. The molecule has 7 nitrogen and oxygen atoms in total. The third-order valence-electron chi connectivity index (χ3n) is 5.90. The van der Waals surface area contributed by atoms with E-state index in [1.54, 1.807) is 30.3 Å². The minimum absolute atomic E-state index is 0.112. The summed E-state index contributed by atoms with van der Waals surface area (Å²) in [6.45, 7) is 3.41. The smallest absolute Gasteiger partial charge is 0.266 e. The van der Waals surface area contributed by atoms with Crippen LogP contribution in [0.1, 0.15) is 33.6 Å². The van der Waals surface area contributed by atoms with Crippen LogP contribution >= 0.6 is 0 Å². The summed E-state index contributed by atoms with van der Waals surface area (Å²) in [5, 5.41) is 10.4. The number of anilines is 1. The summed E-state index contributed by atoms with van der Waals surface area (Å²) in [5.41, 5.74) is 0.848. The highest BCUT2D eigenvalue weighted by Gasteiger charge is 2.37. The lowest BCUT2D eigenvalue weighted by molar-refractivity contribution is 0.0926. The molecule has 0 saturated carbocycles. The van der Waals surface area contributed by atoms with Crippen molar-refractivity contribution in [1.29, 1.82) is 0 Å². The van der Waals surface area contributed by atoms with E-state index in [9.17, 15) is 14.7 Å². The zero-order chi connectivity index (χ0) is 22.8. The van der Waals surface area contributed by atoms with Crippen LogP contribution in [0.5, 0.6) is 23.0 Å². The van der Waals surface area contributed by atoms with Crippen molar-refractivity contribution in [3.63, 3.8) is 0 Å². The van der Waals surface area contributed by atoms with Gasteiger partial charge in [-0.15, -0.1) is 0 Å². The third kappa shape index (κ3) is 4.27. The number of para-hydroxylation sites is 1. The Hall–Kier alpha value is -3.84. The maximum absolute atomic E-state index is 13.1. The van der Waals surface area contributed by atoms with Gasteiger partial charge in [-0.1, -0.05) is 18.2 Å². The normalized spacial score (nSPS) is 15.7. The van der Waals surface area contributed by atoms with Gasteiger partial charge >= 0.3 is 0 Å². The molecule has 2 amide bonds. The van der Waals surface area contributed by atoms with Gasteiger partial charge in [0.15, 0.2) is 11.5 Å². The molecule has 168 valence electrons. The number of hydrogen-bond donors (Lipinski definition) is 1. The Morgan fingerprint density at radius 1 is 0.818 bits per heavy atom. The number of likely N-dealkylation sites (tertiary alicyclic amines) is 1. The number of imide groups is 1. The van der Waals surface area contributed by atoms with Gasteiger partial charge in [-0.05, 0) is 68.4 Å². The van der Waals surface area contributed by atoms with Gasteiger partial charge < -0.3 is 14.6 Å². The lowest BCUT2D eigenvalue weighted by Gasteiger charge is -2.17. The van der Waals surface area contributed by atoms with Crippen molar-refractivity contribution in [2.75, 3.05) is 31.1 Å². The Kier molecular flexibility index (Phi) is 5.71. The van der Waals surface area contributed by atoms with E-state index in [0.717, 1.165) is 24.5 Å². The van der Waals surface area contributed by atoms with Crippen molar-refractivity contribution in [3.8, 4) is 23.0 Å². The van der Waals surface area contributed by atoms with Crippen LogP contribution < -0.4 is 14.4 Å². The number of benzene rings is 3. The van der Waals surface area contributed by atoms with Crippen LogP contribution in [0.4, 0.5) is 5.69 Å². The maximum atomic E-state index is 13.1. The average molecular weight is 444 g/mol. The quantitative estimate of drug-likeness (QED) is 0.542. The standard InChI is InChI=1S/C26H24N2O5/c29-23-16-18(8-11-24(23)32-15-14-27-12-4-5-13-27)28-25(30)21-10-9-20(17-22(21)26(28)31)33-19-6-2-1-3-7-19/h1-3,6-11,16-17,29H,4-5,12-15H2. The van der Waals surface area contributed by atoms with Crippen molar-refractivity contribution in [1.82, 2.24) is 4.90 Å². The van der Waals surface area contributed by atoms with Gasteiger partial charge in [-0.3, -0.25) is 14.5 Å². The Morgan fingerprint density at radius 2 is 1.58 bits per heavy atom. The third-order valence-corrected chi connectivity index (χ3v) is 5.90. The molecule has 0 unspecified atom stereocenters. The largest absolute Gasteiger partial charge is 0.504 e. The summed E-state index contributed by atoms with van der Waals surface area (Å²) in [5.74, 6) is 0.412. The average Bonchev–Trinajstić information content (AvgIpc) is 3.42. The lowest BCUT2D eigenvalue weighted by Crippen LogP contribution is -2.29. The number of nitrogens with zero attached hydrogens (tertiary/aromatic N) is 2. The van der Waals surface area contributed by atoms with Crippen LogP contribution in [0.2, 0.25) is 0 Å². The van der Waals surface area contributed by atoms with Crippen LogP contribution in [0.15, 0.2) is 66.7 Å². The van der Waals surface area contributed by atoms with Crippen molar-refractivity contribution >= 4 is 17.5 Å². The summed E-state index contributed by atoms with van der Waals surface area (Å²) in [6, 6.07) is 18.6. The molecular weight excluding hydrogens is 420 g/mol. The molecule has 33 heavy (non-hydrogen) atoms. The van der Waals surface area contributed by atoms with Gasteiger partial charge in [0, 0.05) is 12.6 Å². The zero-order valence-corrected chi connectivity index (χ0v) is 18.1. The zero-order valence-electron chi connectivity index (χ0n) is 18.1. The molecule has 2 aliphatic heterocycles. The number of hydrogen-bond acceptors (Lipinski definition) is 6. The number of ether oxygens (including phenoxy) is 2. The van der Waals surface area contributed by atoms with E-state index in [0.29, 0.717) is 29.4 Å². The van der Waals surface area contributed by atoms with E-state index < -0.39 is 11.8 Å². The summed E-state index contributed by atoms with van der Waals surface area (Å²) in [7, 11) is 0. The van der Waals surface area contributed by atoms with E-state index >= 15 is 0 Å². The molecule has 0 spiro atoms. The maximum Gasteiger partial charge on any atom is 0.266 e. The molecule has 5 rings (SSSR count). The second-order valence-corrected chi connectivity index (χ2v) is 8.12. The molecule has 0 atom stereocenters. The molecule has 2 heterocycles. The van der Waals surface area contributed by atoms with E-state index in [1.807, 2.05) is 30.3 Å². The van der Waals surface area contributed by atoms with Crippen molar-refractivity contribution in [2.24, 2.45) is 0 Å². The number of fused-ring (bicyclic) bond motifs is 1. The van der Waals surface area contributed by atoms with Crippen molar-refractivity contribution < 1.29 is 24.2 Å². The van der Waals surface area contributed by atoms with Crippen molar-refractivity contribution in [2.45, 2.75) is 12.8 Å². The Balaban J connectivity index is 1.31. The van der Waals surface area contributed by atoms with E-state index in [-0.39, 0.29) is 17.0 Å². The van der Waals surface area contributed by atoms with Crippen LogP contribution in [-0.4, -0.2) is 48.1 Å². The number of phenolic OH excluding ortho intramolecular Hbond substituents is 1. The minimum Gasteiger partial charge on any atom is -0.504 e. The number of carbonyl (C=O) groups excluding carboxylic acids is 2. The van der Waals surface area contributed by atoms with Crippen LogP contribution in [0, 0.1) is 0 Å². The molecular formula is C26H24N2O5.